The Morgan fingerprint density at radius 2 is 2.07 bits per heavy atom. The van der Waals surface area contributed by atoms with Crippen LogP contribution in [0.15, 0.2) is 43.0 Å². The van der Waals surface area contributed by atoms with Crippen molar-refractivity contribution in [1.29, 1.82) is 0 Å². The van der Waals surface area contributed by atoms with Crippen molar-refractivity contribution < 1.29 is 5.11 Å². The molecule has 1 aliphatic carbocycles. The summed E-state index contributed by atoms with van der Waals surface area (Å²) in [6.45, 7) is 5.68. The van der Waals surface area contributed by atoms with E-state index in [9.17, 15) is 5.11 Å². The lowest BCUT2D eigenvalue weighted by atomic mass is 9.60. The fourth-order valence-electron chi connectivity index (χ4n) is 2.42. The Balaban J connectivity index is 2.20. The number of rotatable bonds is 2. The molecule has 1 fully saturated rings. The van der Waals surface area contributed by atoms with Gasteiger partial charge >= 0.3 is 0 Å². The fourth-order valence-corrected chi connectivity index (χ4v) is 2.42. The average Bonchev–Trinajstić information content (AvgIpc) is 2.17. The second-order valence-electron chi connectivity index (χ2n) is 4.34. The molecule has 3 unspecified atom stereocenters. The van der Waals surface area contributed by atoms with Gasteiger partial charge in [-0.3, -0.25) is 0 Å². The highest BCUT2D eigenvalue weighted by molar-refractivity contribution is 5.28. The topological polar surface area (TPSA) is 20.2 Å². The Bertz CT molecular complexity index is 326. The molecule has 1 saturated carbocycles. The van der Waals surface area contributed by atoms with Crippen LogP contribution in [0.1, 0.15) is 24.8 Å². The summed E-state index contributed by atoms with van der Waals surface area (Å²) in [7, 11) is 0. The van der Waals surface area contributed by atoms with E-state index >= 15 is 0 Å². The van der Waals surface area contributed by atoms with Crippen LogP contribution in [-0.4, -0.2) is 10.7 Å². The highest BCUT2D eigenvalue weighted by Gasteiger charge is 2.47. The van der Waals surface area contributed by atoms with E-state index in [4.69, 9.17) is 0 Å². The predicted octanol–water partition coefficient (Wildman–Crippen LogP) is 2.73. The molecule has 1 heteroatoms. The van der Waals surface area contributed by atoms with Crippen LogP contribution in [0.4, 0.5) is 0 Å². The Labute approximate surface area is 85.1 Å². The molecule has 0 aromatic heterocycles. The van der Waals surface area contributed by atoms with Crippen LogP contribution >= 0.6 is 0 Å². The highest BCUT2D eigenvalue weighted by Crippen LogP contribution is 2.50. The molecule has 0 bridgehead atoms. The van der Waals surface area contributed by atoms with E-state index in [0.29, 0.717) is 5.92 Å². The Morgan fingerprint density at radius 1 is 1.43 bits per heavy atom. The van der Waals surface area contributed by atoms with E-state index in [1.54, 1.807) is 0 Å². The van der Waals surface area contributed by atoms with E-state index in [2.05, 4.69) is 18.7 Å². The minimum Gasteiger partial charge on any atom is -0.390 e. The van der Waals surface area contributed by atoms with Crippen LogP contribution in [0, 0.1) is 5.92 Å². The third-order valence-electron chi connectivity index (χ3n) is 3.27. The van der Waals surface area contributed by atoms with Crippen molar-refractivity contribution >= 4 is 0 Å². The van der Waals surface area contributed by atoms with Gasteiger partial charge in [-0.2, -0.15) is 0 Å². The van der Waals surface area contributed by atoms with E-state index < -0.39 is 5.60 Å². The summed E-state index contributed by atoms with van der Waals surface area (Å²) in [5.41, 5.74) is 0.756. The Hall–Kier alpha value is -1.08. The predicted molar refractivity (Wildman–Crippen MR) is 58.1 cm³/mol. The van der Waals surface area contributed by atoms with E-state index in [1.807, 2.05) is 31.2 Å². The van der Waals surface area contributed by atoms with Crippen LogP contribution < -0.4 is 0 Å². The normalized spacial score (nSPS) is 36.1. The molecule has 1 aromatic carbocycles. The molecule has 0 amide bonds. The van der Waals surface area contributed by atoms with Crippen LogP contribution in [0.5, 0.6) is 0 Å². The molecule has 1 N–H and O–H groups in total. The van der Waals surface area contributed by atoms with Crippen molar-refractivity contribution in [3.63, 3.8) is 0 Å². The molecule has 0 aliphatic heterocycles. The van der Waals surface area contributed by atoms with Crippen molar-refractivity contribution in [1.82, 2.24) is 0 Å². The van der Waals surface area contributed by atoms with Crippen LogP contribution in [-0.2, 0) is 0 Å². The zero-order valence-corrected chi connectivity index (χ0v) is 8.48. The smallest absolute Gasteiger partial charge is 0.0693 e. The Morgan fingerprint density at radius 3 is 2.57 bits per heavy atom. The van der Waals surface area contributed by atoms with Crippen molar-refractivity contribution in [3.8, 4) is 0 Å². The first kappa shape index (κ1) is 9.47. The molecule has 0 heterocycles. The summed E-state index contributed by atoms with van der Waals surface area (Å²) >= 11 is 0. The van der Waals surface area contributed by atoms with Crippen LogP contribution in [0.3, 0.4) is 0 Å². The Kier molecular flexibility index (Phi) is 2.20. The third kappa shape index (κ3) is 1.38. The minimum atomic E-state index is -0.553. The molecular weight excluding hydrogens is 172 g/mol. The van der Waals surface area contributed by atoms with Crippen LogP contribution in [0.25, 0.3) is 0 Å². The van der Waals surface area contributed by atoms with Gasteiger partial charge in [0.05, 0.1) is 5.60 Å². The second kappa shape index (κ2) is 3.25. The van der Waals surface area contributed by atoms with Crippen molar-refractivity contribution in [2.75, 3.05) is 0 Å². The van der Waals surface area contributed by atoms with Gasteiger partial charge in [-0.15, -0.1) is 6.58 Å². The lowest BCUT2D eigenvalue weighted by Gasteiger charge is -2.48. The molecule has 0 radical (unpaired) electrons. The van der Waals surface area contributed by atoms with E-state index in [-0.39, 0.29) is 5.92 Å². The minimum absolute atomic E-state index is 0.199. The molecular formula is C13H16O. The van der Waals surface area contributed by atoms with Gasteiger partial charge in [-0.05, 0) is 24.8 Å². The van der Waals surface area contributed by atoms with Gasteiger partial charge < -0.3 is 5.11 Å². The lowest BCUT2D eigenvalue weighted by molar-refractivity contribution is -0.0739. The average molecular weight is 188 g/mol. The molecule has 2 rings (SSSR count). The molecule has 1 aliphatic rings. The first-order chi connectivity index (χ1) is 6.65. The molecule has 14 heavy (non-hydrogen) atoms. The maximum absolute atomic E-state index is 9.93. The first-order valence-corrected chi connectivity index (χ1v) is 5.05. The van der Waals surface area contributed by atoms with Gasteiger partial charge in [0.15, 0.2) is 0 Å². The summed E-state index contributed by atoms with van der Waals surface area (Å²) in [6, 6.07) is 10.3. The van der Waals surface area contributed by atoms with Crippen molar-refractivity contribution in [2.45, 2.75) is 24.9 Å². The van der Waals surface area contributed by atoms with Gasteiger partial charge in [0.1, 0.15) is 0 Å². The maximum atomic E-state index is 9.93. The summed E-state index contributed by atoms with van der Waals surface area (Å²) < 4.78 is 0. The first-order valence-electron chi connectivity index (χ1n) is 5.05. The molecule has 0 saturated heterocycles. The SMILES string of the molecule is C=CC1C(c2ccccc2)CC1(C)O. The summed E-state index contributed by atoms with van der Waals surface area (Å²) in [4.78, 5) is 0. The lowest BCUT2D eigenvalue weighted by Crippen LogP contribution is -2.49. The molecule has 74 valence electrons. The zero-order valence-electron chi connectivity index (χ0n) is 8.48. The van der Waals surface area contributed by atoms with Crippen molar-refractivity contribution in [2.24, 2.45) is 5.92 Å². The van der Waals surface area contributed by atoms with Gasteiger partial charge in [0.25, 0.3) is 0 Å². The number of hydrogen-bond donors (Lipinski definition) is 1. The summed E-state index contributed by atoms with van der Waals surface area (Å²) in [5.74, 6) is 0.647. The third-order valence-corrected chi connectivity index (χ3v) is 3.27. The second-order valence-corrected chi connectivity index (χ2v) is 4.34. The largest absolute Gasteiger partial charge is 0.390 e. The quantitative estimate of drug-likeness (QED) is 0.707. The van der Waals surface area contributed by atoms with Gasteiger partial charge in [0.2, 0.25) is 0 Å². The summed E-state index contributed by atoms with van der Waals surface area (Å²) in [5, 5.41) is 9.93. The fraction of sp³-hybridized carbons (Fsp3) is 0.385. The molecule has 3 atom stereocenters. The molecule has 0 spiro atoms. The number of hydrogen-bond acceptors (Lipinski definition) is 1. The van der Waals surface area contributed by atoms with E-state index in [1.165, 1.54) is 5.56 Å². The van der Waals surface area contributed by atoms with Gasteiger partial charge in [-0.1, -0.05) is 36.4 Å². The van der Waals surface area contributed by atoms with Crippen LogP contribution in [0.2, 0.25) is 0 Å². The highest BCUT2D eigenvalue weighted by atomic mass is 16.3. The number of benzene rings is 1. The van der Waals surface area contributed by atoms with Gasteiger partial charge in [-0.25, -0.2) is 0 Å². The molecule has 1 aromatic rings. The zero-order chi connectivity index (χ0) is 10.2. The van der Waals surface area contributed by atoms with Crippen molar-refractivity contribution in [3.05, 3.63) is 48.6 Å². The standard InChI is InChI=1S/C13H16O/c1-3-12-11(9-13(12,2)14)10-7-5-4-6-8-10/h3-8,11-12,14H,1,9H2,2H3. The van der Waals surface area contributed by atoms with E-state index in [0.717, 1.165) is 6.42 Å². The molecule has 1 nitrogen and oxygen atoms in total. The maximum Gasteiger partial charge on any atom is 0.0693 e. The monoisotopic (exact) mass is 188 g/mol. The number of aliphatic hydroxyl groups is 1. The van der Waals surface area contributed by atoms with Gasteiger partial charge in [0, 0.05) is 5.92 Å². The summed E-state index contributed by atoms with van der Waals surface area (Å²) in [6.07, 6.45) is 2.72.